The first-order valence-corrected chi connectivity index (χ1v) is 23.2. The minimum Gasteiger partial charge on any atom is -0.477 e. The largest absolute Gasteiger partial charge is 0.477 e. The number of carboxylic acids is 1. The SMILES string of the molecule is CCCCCCCCCCC/C=C/CCCCCCCCCC(=O)OCC(COCCC(C(=O)O)[N+](C)(C)C)OC(=O)CCCCCCCCCCCCC. The van der Waals surface area contributed by atoms with Gasteiger partial charge < -0.3 is 23.8 Å². The topological polar surface area (TPSA) is 99.1 Å². The Balaban J connectivity index is 4.22. The molecule has 324 valence electrons. The lowest BCUT2D eigenvalue weighted by atomic mass is 10.1. The number of carboxylic acid groups (broad SMARTS) is 1. The molecular weight excluding hydrogens is 691 g/mol. The number of nitrogens with zero attached hydrogens (tertiary/aromatic N) is 1. The summed E-state index contributed by atoms with van der Waals surface area (Å²) in [7, 11) is 5.53. The summed E-state index contributed by atoms with van der Waals surface area (Å²) in [6.45, 7) is 4.75. The van der Waals surface area contributed by atoms with Gasteiger partial charge in [0, 0.05) is 19.3 Å². The Morgan fingerprint density at radius 3 is 1.31 bits per heavy atom. The summed E-state index contributed by atoms with van der Waals surface area (Å²) in [6.07, 6.45) is 41.1. The van der Waals surface area contributed by atoms with E-state index in [9.17, 15) is 19.5 Å². The Morgan fingerprint density at radius 1 is 0.527 bits per heavy atom. The van der Waals surface area contributed by atoms with Crippen LogP contribution in [0.4, 0.5) is 0 Å². The number of ether oxygens (including phenoxy) is 3. The highest BCUT2D eigenvalue weighted by molar-refractivity contribution is 5.72. The predicted octanol–water partition coefficient (Wildman–Crippen LogP) is 12.7. The summed E-state index contributed by atoms with van der Waals surface area (Å²) >= 11 is 0. The fraction of sp³-hybridized carbons (Fsp3) is 0.894. The Morgan fingerprint density at radius 2 is 0.909 bits per heavy atom. The van der Waals surface area contributed by atoms with Crippen molar-refractivity contribution in [3.63, 3.8) is 0 Å². The number of allylic oxidation sites excluding steroid dienone is 2. The van der Waals surface area contributed by atoms with Gasteiger partial charge in [-0.05, 0) is 38.5 Å². The van der Waals surface area contributed by atoms with Crippen LogP contribution in [0.1, 0.15) is 219 Å². The monoisotopic (exact) mass is 781 g/mol. The van der Waals surface area contributed by atoms with Crippen LogP contribution in [-0.4, -0.2) is 80.6 Å². The van der Waals surface area contributed by atoms with Crippen molar-refractivity contribution >= 4 is 17.9 Å². The molecule has 8 nitrogen and oxygen atoms in total. The molecule has 0 heterocycles. The second-order valence-electron chi connectivity index (χ2n) is 17.0. The second-order valence-corrected chi connectivity index (χ2v) is 17.0. The van der Waals surface area contributed by atoms with Gasteiger partial charge in [0.25, 0.3) is 0 Å². The van der Waals surface area contributed by atoms with Gasteiger partial charge in [-0.1, -0.05) is 174 Å². The summed E-state index contributed by atoms with van der Waals surface area (Å²) in [5.74, 6) is -1.46. The number of likely N-dealkylation sites (N-methyl/N-ethyl adjacent to an activating group) is 1. The van der Waals surface area contributed by atoms with E-state index in [0.717, 1.165) is 38.5 Å². The molecule has 0 aliphatic carbocycles. The molecule has 0 amide bonds. The van der Waals surface area contributed by atoms with E-state index in [1.807, 2.05) is 21.1 Å². The van der Waals surface area contributed by atoms with Crippen LogP contribution in [0.15, 0.2) is 12.2 Å². The number of quaternary nitrogens is 1. The van der Waals surface area contributed by atoms with Crippen molar-refractivity contribution in [2.75, 3.05) is 41.0 Å². The van der Waals surface area contributed by atoms with E-state index in [4.69, 9.17) is 14.2 Å². The number of hydrogen-bond acceptors (Lipinski definition) is 6. The molecule has 0 spiro atoms. The lowest BCUT2D eigenvalue weighted by Crippen LogP contribution is -2.50. The third-order valence-corrected chi connectivity index (χ3v) is 10.7. The van der Waals surface area contributed by atoms with Crippen molar-refractivity contribution in [1.82, 2.24) is 0 Å². The Hall–Kier alpha value is -1.93. The van der Waals surface area contributed by atoms with Crippen molar-refractivity contribution in [2.24, 2.45) is 0 Å². The van der Waals surface area contributed by atoms with E-state index in [1.165, 1.54) is 148 Å². The summed E-state index contributed by atoms with van der Waals surface area (Å²) in [6, 6.07) is -0.610. The first-order chi connectivity index (χ1) is 26.6. The molecule has 0 aromatic heterocycles. The maximum absolute atomic E-state index is 12.7. The maximum atomic E-state index is 12.7. The lowest BCUT2D eigenvalue weighted by molar-refractivity contribution is -0.887. The normalized spacial score (nSPS) is 13.0. The number of hydrogen-bond donors (Lipinski definition) is 1. The summed E-state index contributed by atoms with van der Waals surface area (Å²) in [5.41, 5.74) is 0. The van der Waals surface area contributed by atoms with Crippen LogP contribution in [0.3, 0.4) is 0 Å². The fourth-order valence-electron chi connectivity index (χ4n) is 7.03. The van der Waals surface area contributed by atoms with Crippen LogP contribution >= 0.6 is 0 Å². The van der Waals surface area contributed by atoms with Crippen molar-refractivity contribution in [1.29, 1.82) is 0 Å². The fourth-order valence-corrected chi connectivity index (χ4v) is 7.03. The molecule has 1 N–H and O–H groups in total. The lowest BCUT2D eigenvalue weighted by Gasteiger charge is -2.31. The number of esters is 2. The van der Waals surface area contributed by atoms with Gasteiger partial charge >= 0.3 is 17.9 Å². The van der Waals surface area contributed by atoms with E-state index in [0.29, 0.717) is 19.3 Å². The molecule has 0 aliphatic heterocycles. The molecular formula is C47H90NO7+. The zero-order chi connectivity index (χ0) is 40.7. The zero-order valence-corrected chi connectivity index (χ0v) is 36.9. The van der Waals surface area contributed by atoms with Crippen molar-refractivity contribution in [2.45, 2.75) is 231 Å². The van der Waals surface area contributed by atoms with Crippen LogP contribution in [0.5, 0.6) is 0 Å². The highest BCUT2D eigenvalue weighted by atomic mass is 16.6. The number of carbonyl (C=O) groups excluding carboxylic acids is 2. The van der Waals surface area contributed by atoms with E-state index in [1.54, 1.807) is 0 Å². The van der Waals surface area contributed by atoms with E-state index < -0.39 is 18.1 Å². The molecule has 0 rings (SSSR count). The maximum Gasteiger partial charge on any atom is 0.362 e. The molecule has 0 radical (unpaired) electrons. The second kappa shape index (κ2) is 38.9. The van der Waals surface area contributed by atoms with Crippen molar-refractivity contribution in [3.05, 3.63) is 12.2 Å². The van der Waals surface area contributed by atoms with Crippen molar-refractivity contribution in [3.8, 4) is 0 Å². The molecule has 0 bridgehead atoms. The van der Waals surface area contributed by atoms with Crippen LogP contribution in [0.25, 0.3) is 0 Å². The summed E-state index contributed by atoms with van der Waals surface area (Å²) < 4.78 is 17.3. The number of aliphatic carboxylic acids is 1. The third kappa shape index (κ3) is 37.4. The number of unbranched alkanes of at least 4 members (excludes halogenated alkanes) is 26. The van der Waals surface area contributed by atoms with Crippen molar-refractivity contribution < 1.29 is 38.2 Å². The first kappa shape index (κ1) is 53.1. The summed E-state index contributed by atoms with van der Waals surface area (Å²) in [5, 5.41) is 9.61. The molecule has 0 aromatic carbocycles. The zero-order valence-electron chi connectivity index (χ0n) is 36.9. The molecule has 55 heavy (non-hydrogen) atoms. The number of carbonyl (C=O) groups is 3. The smallest absolute Gasteiger partial charge is 0.362 e. The molecule has 0 saturated carbocycles. The molecule has 8 heteroatoms. The molecule has 2 atom stereocenters. The molecule has 0 aromatic rings. The highest BCUT2D eigenvalue weighted by Gasteiger charge is 2.31. The predicted molar refractivity (Wildman–Crippen MR) is 229 cm³/mol. The Labute approximate surface area is 339 Å². The molecule has 0 fully saturated rings. The standard InChI is InChI=1S/C47H89NO7/c1-6-8-10-12-14-16-18-19-20-21-22-23-24-25-26-28-29-31-33-35-37-45(49)54-42-43(41-53-40-39-44(47(51)52)48(3,4)5)55-46(50)38-36-34-32-30-27-17-15-13-11-9-7-2/h22-23,43-44H,6-21,24-42H2,1-5H3/p+1/b23-22+. The van der Waals surface area contributed by atoms with Gasteiger partial charge in [0.2, 0.25) is 0 Å². The average Bonchev–Trinajstić information content (AvgIpc) is 3.14. The molecule has 2 unspecified atom stereocenters. The Kier molecular flexibility index (Phi) is 37.6. The summed E-state index contributed by atoms with van der Waals surface area (Å²) in [4.78, 5) is 36.9. The van der Waals surface area contributed by atoms with Crippen LogP contribution in [-0.2, 0) is 28.6 Å². The highest BCUT2D eigenvalue weighted by Crippen LogP contribution is 2.15. The molecule has 0 aliphatic rings. The van der Waals surface area contributed by atoms with Crippen LogP contribution in [0.2, 0.25) is 0 Å². The van der Waals surface area contributed by atoms with Gasteiger partial charge in [-0.25, -0.2) is 4.79 Å². The van der Waals surface area contributed by atoms with Gasteiger partial charge in [0.05, 0.1) is 34.4 Å². The first-order valence-electron chi connectivity index (χ1n) is 23.2. The average molecular weight is 781 g/mol. The quantitative estimate of drug-likeness (QED) is 0.0285. The van der Waals surface area contributed by atoms with Gasteiger partial charge in [-0.2, -0.15) is 0 Å². The number of rotatable bonds is 42. The van der Waals surface area contributed by atoms with E-state index in [2.05, 4.69) is 26.0 Å². The Bertz CT molecular complexity index is 915. The third-order valence-electron chi connectivity index (χ3n) is 10.7. The van der Waals surface area contributed by atoms with Gasteiger partial charge in [0.15, 0.2) is 12.1 Å². The minimum atomic E-state index is -0.873. The van der Waals surface area contributed by atoms with Gasteiger partial charge in [0.1, 0.15) is 6.61 Å². The molecule has 0 saturated heterocycles. The van der Waals surface area contributed by atoms with E-state index >= 15 is 0 Å². The van der Waals surface area contributed by atoms with Gasteiger partial charge in [-0.3, -0.25) is 9.59 Å². The minimum absolute atomic E-state index is 0.0475. The van der Waals surface area contributed by atoms with Crippen LogP contribution < -0.4 is 0 Å². The van der Waals surface area contributed by atoms with E-state index in [-0.39, 0.29) is 36.2 Å². The van der Waals surface area contributed by atoms with Gasteiger partial charge in [-0.15, -0.1) is 0 Å². The van der Waals surface area contributed by atoms with Crippen LogP contribution in [0, 0.1) is 0 Å².